The molecule has 1 rings (SSSR count). The fourth-order valence-electron chi connectivity index (χ4n) is 3.07. The molecule has 3 nitrogen and oxygen atoms in total. The molecule has 0 saturated heterocycles. The Morgan fingerprint density at radius 2 is 1.76 bits per heavy atom. The van der Waals surface area contributed by atoms with Crippen LogP contribution in [0.3, 0.4) is 0 Å². The molecule has 2 atom stereocenters. The maximum absolute atomic E-state index is 11.6. The number of carbonyl (C=O) groups excluding carboxylic acids is 1. The van der Waals surface area contributed by atoms with Gasteiger partial charge in [0.05, 0.1) is 13.2 Å². The van der Waals surface area contributed by atoms with Crippen molar-refractivity contribution in [2.24, 2.45) is 11.8 Å². The molecule has 0 radical (unpaired) electrons. The number of hydrogen-bond acceptors (Lipinski definition) is 3. The average Bonchev–Trinajstić information content (AvgIpc) is 2.24. The van der Waals surface area contributed by atoms with E-state index in [4.69, 9.17) is 4.74 Å². The number of esters is 1. The van der Waals surface area contributed by atoms with Crippen molar-refractivity contribution in [3.63, 3.8) is 0 Å². The zero-order chi connectivity index (χ0) is 12.8. The molecule has 0 aliphatic heterocycles. The van der Waals surface area contributed by atoms with E-state index in [-0.39, 0.29) is 5.97 Å². The maximum atomic E-state index is 11.6. The number of hydrogen-bond donors (Lipinski definition) is 0. The van der Waals surface area contributed by atoms with Gasteiger partial charge in [-0.3, -0.25) is 9.69 Å². The van der Waals surface area contributed by atoms with Crippen LogP contribution in [0.5, 0.6) is 0 Å². The highest BCUT2D eigenvalue weighted by molar-refractivity contribution is 5.71. The topological polar surface area (TPSA) is 29.5 Å². The van der Waals surface area contributed by atoms with E-state index in [0.717, 1.165) is 18.4 Å². The Morgan fingerprint density at radius 3 is 2.24 bits per heavy atom. The first-order valence-corrected chi connectivity index (χ1v) is 6.96. The van der Waals surface area contributed by atoms with E-state index in [1.165, 1.54) is 19.3 Å². The van der Waals surface area contributed by atoms with E-state index >= 15 is 0 Å². The van der Waals surface area contributed by atoms with E-state index in [0.29, 0.717) is 19.2 Å². The van der Waals surface area contributed by atoms with Gasteiger partial charge in [0.15, 0.2) is 0 Å². The minimum Gasteiger partial charge on any atom is -0.465 e. The highest BCUT2D eigenvalue weighted by Crippen LogP contribution is 2.31. The Morgan fingerprint density at radius 1 is 1.18 bits per heavy atom. The highest BCUT2D eigenvalue weighted by atomic mass is 16.5. The first kappa shape index (κ1) is 14.5. The third kappa shape index (κ3) is 4.66. The normalized spacial score (nSPS) is 29.4. The van der Waals surface area contributed by atoms with Gasteiger partial charge >= 0.3 is 5.97 Å². The van der Waals surface area contributed by atoms with Gasteiger partial charge in [-0.15, -0.1) is 0 Å². The Bertz CT molecular complexity index is 232. The van der Waals surface area contributed by atoms with Crippen LogP contribution < -0.4 is 0 Å². The summed E-state index contributed by atoms with van der Waals surface area (Å²) in [6.45, 7) is 10.5. The molecule has 2 unspecified atom stereocenters. The van der Waals surface area contributed by atoms with Gasteiger partial charge in [-0.25, -0.2) is 0 Å². The maximum Gasteiger partial charge on any atom is 0.320 e. The molecule has 17 heavy (non-hydrogen) atoms. The van der Waals surface area contributed by atoms with Crippen molar-refractivity contribution in [2.45, 2.75) is 53.0 Å². The molecule has 0 N–H and O–H groups in total. The molecular weight excluding hydrogens is 214 g/mol. The summed E-state index contributed by atoms with van der Waals surface area (Å²) < 4.78 is 5.04. The molecule has 0 aromatic heterocycles. The monoisotopic (exact) mass is 241 g/mol. The second-order valence-electron chi connectivity index (χ2n) is 5.44. The zero-order valence-electron chi connectivity index (χ0n) is 11.7. The van der Waals surface area contributed by atoms with E-state index in [2.05, 4.69) is 25.7 Å². The van der Waals surface area contributed by atoms with Crippen LogP contribution in [0.4, 0.5) is 0 Å². The lowest BCUT2D eigenvalue weighted by atomic mass is 9.80. The molecular formula is C14H27NO2. The van der Waals surface area contributed by atoms with Crippen molar-refractivity contribution in [3.8, 4) is 0 Å². The standard InChI is InChI=1S/C14H27NO2/c1-5-15(10-14(16)17-6-2)13-8-11(3)7-12(4)9-13/h11-13H,5-10H2,1-4H3. The third-order valence-electron chi connectivity index (χ3n) is 3.71. The van der Waals surface area contributed by atoms with Crippen LogP contribution in [-0.2, 0) is 9.53 Å². The second-order valence-corrected chi connectivity index (χ2v) is 5.44. The van der Waals surface area contributed by atoms with Gasteiger partial charge in [0.2, 0.25) is 0 Å². The molecule has 0 bridgehead atoms. The predicted octanol–water partition coefficient (Wildman–Crippen LogP) is 2.70. The van der Waals surface area contributed by atoms with E-state index in [9.17, 15) is 4.79 Å². The molecule has 1 aliphatic rings. The Hall–Kier alpha value is -0.570. The summed E-state index contributed by atoms with van der Waals surface area (Å²) >= 11 is 0. The van der Waals surface area contributed by atoms with Crippen molar-refractivity contribution in [1.29, 1.82) is 0 Å². The van der Waals surface area contributed by atoms with Gasteiger partial charge in [0.25, 0.3) is 0 Å². The minimum atomic E-state index is -0.0831. The summed E-state index contributed by atoms with van der Waals surface area (Å²) in [6, 6.07) is 0.558. The van der Waals surface area contributed by atoms with E-state index < -0.39 is 0 Å². The minimum absolute atomic E-state index is 0.0831. The van der Waals surface area contributed by atoms with Crippen molar-refractivity contribution >= 4 is 5.97 Å². The molecule has 0 aromatic carbocycles. The number of likely N-dealkylation sites (N-methyl/N-ethyl adjacent to an activating group) is 1. The number of ether oxygens (including phenoxy) is 1. The smallest absolute Gasteiger partial charge is 0.320 e. The summed E-state index contributed by atoms with van der Waals surface area (Å²) in [4.78, 5) is 13.8. The third-order valence-corrected chi connectivity index (χ3v) is 3.71. The summed E-state index contributed by atoms with van der Waals surface area (Å²) in [6.07, 6.45) is 3.77. The van der Waals surface area contributed by atoms with Crippen molar-refractivity contribution in [2.75, 3.05) is 19.7 Å². The lowest BCUT2D eigenvalue weighted by molar-refractivity contribution is -0.145. The predicted molar refractivity (Wildman–Crippen MR) is 69.8 cm³/mol. The van der Waals surface area contributed by atoms with Crippen LogP contribution in [0.15, 0.2) is 0 Å². The van der Waals surface area contributed by atoms with Crippen LogP contribution in [0, 0.1) is 11.8 Å². The van der Waals surface area contributed by atoms with Crippen LogP contribution in [0.25, 0.3) is 0 Å². The summed E-state index contributed by atoms with van der Waals surface area (Å²) in [5.74, 6) is 1.47. The fraction of sp³-hybridized carbons (Fsp3) is 0.929. The largest absolute Gasteiger partial charge is 0.465 e. The molecule has 1 aliphatic carbocycles. The number of nitrogens with zero attached hydrogens (tertiary/aromatic N) is 1. The number of carbonyl (C=O) groups is 1. The zero-order valence-corrected chi connectivity index (χ0v) is 11.7. The molecule has 0 heterocycles. The Labute approximate surface area is 106 Å². The molecule has 0 aromatic rings. The van der Waals surface area contributed by atoms with E-state index in [1.54, 1.807) is 0 Å². The molecule has 1 saturated carbocycles. The Kier molecular flexibility index (Phi) is 5.96. The quantitative estimate of drug-likeness (QED) is 0.693. The van der Waals surface area contributed by atoms with Crippen molar-refractivity contribution in [3.05, 3.63) is 0 Å². The first-order valence-electron chi connectivity index (χ1n) is 6.96. The van der Waals surface area contributed by atoms with Crippen molar-refractivity contribution in [1.82, 2.24) is 4.90 Å². The number of rotatable bonds is 5. The van der Waals surface area contributed by atoms with Crippen LogP contribution in [0.1, 0.15) is 47.0 Å². The van der Waals surface area contributed by atoms with Gasteiger partial charge < -0.3 is 4.74 Å². The highest BCUT2D eigenvalue weighted by Gasteiger charge is 2.28. The van der Waals surface area contributed by atoms with Gasteiger partial charge in [0.1, 0.15) is 0 Å². The molecule has 0 amide bonds. The SMILES string of the molecule is CCOC(=O)CN(CC)C1CC(C)CC(C)C1. The van der Waals surface area contributed by atoms with Crippen LogP contribution in [0.2, 0.25) is 0 Å². The molecule has 3 heteroatoms. The first-order chi connectivity index (χ1) is 8.06. The molecule has 1 fully saturated rings. The fourth-order valence-corrected chi connectivity index (χ4v) is 3.07. The average molecular weight is 241 g/mol. The van der Waals surface area contributed by atoms with Gasteiger partial charge in [-0.1, -0.05) is 20.8 Å². The summed E-state index contributed by atoms with van der Waals surface area (Å²) in [5.41, 5.74) is 0. The van der Waals surface area contributed by atoms with Crippen LogP contribution >= 0.6 is 0 Å². The lowest BCUT2D eigenvalue weighted by Crippen LogP contribution is -2.43. The molecule has 100 valence electrons. The van der Waals surface area contributed by atoms with Gasteiger partial charge in [-0.2, -0.15) is 0 Å². The van der Waals surface area contributed by atoms with E-state index in [1.807, 2.05) is 6.92 Å². The Balaban J connectivity index is 2.51. The lowest BCUT2D eigenvalue weighted by Gasteiger charge is -2.38. The van der Waals surface area contributed by atoms with Crippen molar-refractivity contribution < 1.29 is 9.53 Å². The van der Waals surface area contributed by atoms with Gasteiger partial charge in [-0.05, 0) is 44.6 Å². The molecule has 0 spiro atoms. The van der Waals surface area contributed by atoms with Gasteiger partial charge in [0, 0.05) is 6.04 Å². The summed E-state index contributed by atoms with van der Waals surface area (Å²) in [7, 11) is 0. The second kappa shape index (κ2) is 7.00. The summed E-state index contributed by atoms with van der Waals surface area (Å²) in [5, 5.41) is 0. The van der Waals surface area contributed by atoms with Crippen LogP contribution in [-0.4, -0.2) is 36.6 Å².